The largest absolute Gasteiger partial charge is 0.480 e. The van der Waals surface area contributed by atoms with Crippen LogP contribution >= 0.6 is 23.2 Å². The predicted molar refractivity (Wildman–Crippen MR) is 144 cm³/mol. The number of alkyl halides is 2. The summed E-state index contributed by atoms with van der Waals surface area (Å²) in [6.45, 7) is 2.71. The van der Waals surface area contributed by atoms with Crippen molar-refractivity contribution < 1.29 is 29.1 Å². The Morgan fingerprint density at radius 3 is 2.17 bits per heavy atom. The summed E-state index contributed by atoms with van der Waals surface area (Å²) in [4.78, 5) is 87.3. The molecular formula is C22H36Cl2N8O8. The monoisotopic (exact) mass is 610 g/mol. The van der Waals surface area contributed by atoms with Crippen LogP contribution in [0.5, 0.6) is 0 Å². The smallest absolute Gasteiger partial charge is 0.326 e. The summed E-state index contributed by atoms with van der Waals surface area (Å²) >= 11 is 11.2. The first kappa shape index (κ1) is 35.1. The summed E-state index contributed by atoms with van der Waals surface area (Å²) in [5.74, 6) is -5.70. The van der Waals surface area contributed by atoms with Crippen LogP contribution in [0.15, 0.2) is 10.6 Å². The van der Waals surface area contributed by atoms with E-state index >= 15 is 0 Å². The fraction of sp³-hybridized carbons (Fsp3) is 0.773. The number of hydrogen-bond donors (Lipinski definition) is 4. The first-order chi connectivity index (χ1) is 18.8. The molecule has 0 aromatic rings. The summed E-state index contributed by atoms with van der Waals surface area (Å²) in [7, 11) is 0. The molecule has 16 nitrogen and oxygen atoms in total. The highest BCUT2D eigenvalue weighted by Crippen LogP contribution is 2.26. The molecule has 0 spiro atoms. The van der Waals surface area contributed by atoms with E-state index in [1.807, 2.05) is 0 Å². The van der Waals surface area contributed by atoms with Gasteiger partial charge in [-0.05, 0) is 38.0 Å². The van der Waals surface area contributed by atoms with Gasteiger partial charge in [-0.1, -0.05) is 13.8 Å². The van der Waals surface area contributed by atoms with Gasteiger partial charge in [-0.25, -0.2) is 4.79 Å². The molecule has 18 heteroatoms. The number of nitrogens with zero attached hydrogens (tertiary/aromatic N) is 5. The van der Waals surface area contributed by atoms with Crippen molar-refractivity contribution in [3.05, 3.63) is 9.81 Å². The van der Waals surface area contributed by atoms with Crippen molar-refractivity contribution in [3.8, 4) is 0 Å². The van der Waals surface area contributed by atoms with Crippen molar-refractivity contribution in [3.63, 3.8) is 0 Å². The minimum absolute atomic E-state index is 0.0307. The number of carbonyl (C=O) groups excluding carboxylic acids is 4. The molecule has 4 amide bonds. The lowest BCUT2D eigenvalue weighted by molar-refractivity contribution is -0.152. The summed E-state index contributed by atoms with van der Waals surface area (Å²) in [5, 5.41) is 18.0. The van der Waals surface area contributed by atoms with Crippen LogP contribution in [-0.4, -0.2) is 105 Å². The van der Waals surface area contributed by atoms with E-state index in [2.05, 4.69) is 15.9 Å². The summed E-state index contributed by atoms with van der Waals surface area (Å²) in [6.07, 6.45) is -0.105. The van der Waals surface area contributed by atoms with Gasteiger partial charge in [-0.3, -0.25) is 19.2 Å². The number of carboxylic acids is 1. The van der Waals surface area contributed by atoms with Gasteiger partial charge in [-0.2, -0.15) is 10.0 Å². The third kappa shape index (κ3) is 8.78. The van der Waals surface area contributed by atoms with E-state index in [1.165, 1.54) is 0 Å². The van der Waals surface area contributed by atoms with Crippen molar-refractivity contribution in [2.75, 3.05) is 31.4 Å². The van der Waals surface area contributed by atoms with Crippen LogP contribution < -0.4 is 16.8 Å². The molecule has 4 atom stereocenters. The highest BCUT2D eigenvalue weighted by Gasteiger charge is 2.50. The van der Waals surface area contributed by atoms with E-state index in [0.29, 0.717) is 16.4 Å². The highest BCUT2D eigenvalue weighted by atomic mass is 35.5. The van der Waals surface area contributed by atoms with Crippen molar-refractivity contribution >= 4 is 52.8 Å². The number of carbonyl (C=O) groups is 5. The Hall–Kier alpha value is -2.95. The van der Waals surface area contributed by atoms with Gasteiger partial charge in [0.05, 0.1) is 29.7 Å². The first-order valence-corrected chi connectivity index (χ1v) is 13.7. The van der Waals surface area contributed by atoms with Crippen LogP contribution in [-0.2, 0) is 24.0 Å². The Labute approximate surface area is 240 Å². The van der Waals surface area contributed by atoms with Crippen LogP contribution in [0.4, 0.5) is 0 Å². The number of carboxylic acid groups (broad SMARTS) is 1. The lowest BCUT2D eigenvalue weighted by Gasteiger charge is -2.35. The zero-order valence-corrected chi connectivity index (χ0v) is 23.8. The second-order valence-corrected chi connectivity index (χ2v) is 10.4. The Morgan fingerprint density at radius 1 is 1.10 bits per heavy atom. The van der Waals surface area contributed by atoms with E-state index in [9.17, 15) is 38.9 Å². The molecule has 0 aliphatic carbocycles. The summed E-state index contributed by atoms with van der Waals surface area (Å²) in [6, 6.07) is -3.58. The summed E-state index contributed by atoms with van der Waals surface area (Å²) < 4.78 is 0. The number of hydrogen-bond acceptors (Lipinski definition) is 11. The van der Waals surface area contributed by atoms with Crippen LogP contribution in [0.2, 0.25) is 0 Å². The molecule has 0 saturated carbocycles. The van der Waals surface area contributed by atoms with Crippen LogP contribution in [0.1, 0.15) is 46.0 Å². The molecule has 0 bridgehead atoms. The maximum atomic E-state index is 13.8. The number of rotatable bonds is 17. The molecule has 0 radical (unpaired) electrons. The fourth-order valence-electron chi connectivity index (χ4n) is 4.28. The molecule has 1 aliphatic heterocycles. The van der Waals surface area contributed by atoms with Crippen molar-refractivity contribution in [2.24, 2.45) is 28.0 Å². The number of halogens is 2. The average molecular weight is 611 g/mol. The van der Waals surface area contributed by atoms with Gasteiger partial charge < -0.3 is 26.8 Å². The van der Waals surface area contributed by atoms with Gasteiger partial charge in [0.1, 0.15) is 12.1 Å². The molecule has 226 valence electrons. The van der Waals surface area contributed by atoms with Crippen LogP contribution in [0.3, 0.4) is 0 Å². The molecule has 1 fully saturated rings. The molecule has 1 aliphatic rings. The maximum Gasteiger partial charge on any atom is 0.326 e. The lowest BCUT2D eigenvalue weighted by Crippen LogP contribution is -2.66. The van der Waals surface area contributed by atoms with E-state index in [4.69, 9.17) is 34.7 Å². The number of nitrogens with two attached hydrogens (primary N) is 2. The van der Waals surface area contributed by atoms with Gasteiger partial charge in [0, 0.05) is 18.3 Å². The molecule has 40 heavy (non-hydrogen) atoms. The van der Waals surface area contributed by atoms with E-state index in [0.717, 1.165) is 4.90 Å². The van der Waals surface area contributed by atoms with Crippen LogP contribution in [0, 0.1) is 15.7 Å². The van der Waals surface area contributed by atoms with Gasteiger partial charge in [-0.15, -0.1) is 33.0 Å². The number of aliphatic carboxylic acids is 1. The zero-order chi connectivity index (χ0) is 30.6. The maximum absolute atomic E-state index is 13.8. The number of nitrogens with one attached hydrogen (secondary N) is 1. The van der Waals surface area contributed by atoms with E-state index < -0.39 is 65.6 Å². The molecule has 0 aromatic carbocycles. The Balaban J connectivity index is 3.22. The van der Waals surface area contributed by atoms with Crippen molar-refractivity contribution in [2.45, 2.75) is 69.6 Å². The minimum Gasteiger partial charge on any atom is -0.480 e. The van der Waals surface area contributed by atoms with Crippen LogP contribution in [0.25, 0.3) is 0 Å². The first-order valence-electron chi connectivity index (χ1n) is 12.6. The second-order valence-electron chi connectivity index (χ2n) is 9.63. The lowest BCUT2D eigenvalue weighted by atomic mass is 9.89. The molecule has 6 N–H and O–H groups in total. The minimum atomic E-state index is -2.41. The molecular weight excluding hydrogens is 575 g/mol. The third-order valence-electron chi connectivity index (χ3n) is 6.49. The van der Waals surface area contributed by atoms with Gasteiger partial charge >= 0.3 is 5.97 Å². The second kappa shape index (κ2) is 16.3. The van der Waals surface area contributed by atoms with Gasteiger partial charge in [0.25, 0.3) is 17.7 Å². The fourth-order valence-corrected chi connectivity index (χ4v) is 4.60. The molecule has 1 saturated heterocycles. The highest BCUT2D eigenvalue weighted by molar-refractivity contribution is 6.18. The van der Waals surface area contributed by atoms with Gasteiger partial charge in [0.15, 0.2) is 5.54 Å². The van der Waals surface area contributed by atoms with Crippen molar-refractivity contribution in [1.29, 1.82) is 0 Å². The Kier molecular flexibility index (Phi) is 14.3. The molecule has 0 aromatic heterocycles. The Morgan fingerprint density at radius 2 is 1.68 bits per heavy atom. The van der Waals surface area contributed by atoms with E-state index in [-0.39, 0.29) is 50.7 Å². The SMILES string of the molecule is CC(C)[C@H](NC(=O)[C@@H]1CCCN1C(=O)[C@@](N)(CCCC(N)C(=O)N(CCCl)N=O)C(=O)N(CCCl)N=O)C(=O)O. The average Bonchev–Trinajstić information content (AvgIpc) is 3.41. The number of amides is 4. The molecule has 1 rings (SSSR count). The zero-order valence-electron chi connectivity index (χ0n) is 22.3. The van der Waals surface area contributed by atoms with Gasteiger partial charge in [0.2, 0.25) is 5.91 Å². The normalized spacial score (nSPS) is 17.9. The number of likely N-dealkylation sites (tertiary alicyclic amines) is 1. The predicted octanol–water partition coefficient (Wildman–Crippen LogP) is -0.104. The number of nitroso groups, excluding NO2 is 2. The summed E-state index contributed by atoms with van der Waals surface area (Å²) in [5.41, 5.74) is 9.81. The van der Waals surface area contributed by atoms with Crippen molar-refractivity contribution in [1.82, 2.24) is 20.2 Å². The Bertz CT molecular complexity index is 958. The molecule has 1 unspecified atom stereocenters. The standard InChI is InChI=1S/C22H36Cl2N8O8/c1-13(2)16(19(35)36)27-17(33)15-6-4-10-30(15)20(37)22(26,21(38)32(29-40)12-9-24)7-3-5-14(25)18(34)31(28-39)11-8-23/h13-16H,3-12,25-26H2,1-2H3,(H,27,33)(H,35,36)/t14?,15-,16-,22-/m0/s1. The van der Waals surface area contributed by atoms with E-state index in [1.54, 1.807) is 13.8 Å². The molecule has 1 heterocycles. The quantitative estimate of drug-likeness (QED) is 0.0737. The topological polar surface area (TPSA) is 238 Å². The third-order valence-corrected chi connectivity index (χ3v) is 6.83.